The topological polar surface area (TPSA) is 24.5 Å². The molecule has 2 atom stereocenters. The smallest absolute Gasteiger partial charge is 0.125 e. The van der Waals surface area contributed by atoms with Crippen LogP contribution in [-0.4, -0.2) is 37.2 Å². The molecule has 1 aromatic rings. The monoisotopic (exact) mass is 350 g/mol. The SMILES string of the molecule is Brc1ccc2c(c1)OCCCC2NC1CN2CCC1CC2. The number of nitrogens with one attached hydrogen (secondary N) is 1. The summed E-state index contributed by atoms with van der Waals surface area (Å²) in [6.45, 7) is 4.68. The molecular weight excluding hydrogens is 328 g/mol. The largest absolute Gasteiger partial charge is 0.493 e. The average molecular weight is 351 g/mol. The third-order valence-corrected chi connectivity index (χ3v) is 5.81. The Morgan fingerprint density at radius 3 is 2.81 bits per heavy atom. The number of fused-ring (bicyclic) bond motifs is 4. The summed E-state index contributed by atoms with van der Waals surface area (Å²) in [5.74, 6) is 1.93. The molecule has 2 bridgehead atoms. The second-order valence-corrected chi connectivity index (χ2v) is 7.55. The van der Waals surface area contributed by atoms with Gasteiger partial charge >= 0.3 is 0 Å². The van der Waals surface area contributed by atoms with Crippen LogP contribution in [0.1, 0.15) is 37.3 Å². The Balaban J connectivity index is 1.55. The van der Waals surface area contributed by atoms with Gasteiger partial charge in [-0.05, 0) is 56.8 Å². The maximum absolute atomic E-state index is 5.93. The highest BCUT2D eigenvalue weighted by molar-refractivity contribution is 9.10. The Labute approximate surface area is 135 Å². The molecule has 0 saturated carbocycles. The number of halogens is 1. The Morgan fingerprint density at radius 2 is 2.05 bits per heavy atom. The van der Waals surface area contributed by atoms with Crippen LogP contribution in [0.2, 0.25) is 0 Å². The first-order valence-electron chi connectivity index (χ1n) is 8.20. The molecule has 2 unspecified atom stereocenters. The zero-order valence-corrected chi connectivity index (χ0v) is 13.9. The summed E-state index contributed by atoms with van der Waals surface area (Å²) in [5.41, 5.74) is 1.34. The molecule has 3 saturated heterocycles. The van der Waals surface area contributed by atoms with E-state index in [0.717, 1.165) is 29.2 Å². The van der Waals surface area contributed by atoms with Crippen molar-refractivity contribution in [2.45, 2.75) is 37.8 Å². The van der Waals surface area contributed by atoms with Crippen LogP contribution in [-0.2, 0) is 0 Å². The molecule has 0 spiro atoms. The first-order chi connectivity index (χ1) is 10.3. The van der Waals surface area contributed by atoms with E-state index in [0.29, 0.717) is 12.1 Å². The molecule has 5 rings (SSSR count). The van der Waals surface area contributed by atoms with Gasteiger partial charge in [-0.15, -0.1) is 0 Å². The van der Waals surface area contributed by atoms with E-state index in [2.05, 4.69) is 44.3 Å². The maximum atomic E-state index is 5.93. The van der Waals surface area contributed by atoms with E-state index < -0.39 is 0 Å². The van der Waals surface area contributed by atoms with Crippen molar-refractivity contribution >= 4 is 15.9 Å². The zero-order valence-electron chi connectivity index (χ0n) is 12.4. The Kier molecular flexibility index (Phi) is 3.94. The highest BCUT2D eigenvalue weighted by atomic mass is 79.9. The van der Waals surface area contributed by atoms with Crippen molar-refractivity contribution in [1.29, 1.82) is 0 Å². The molecule has 3 fully saturated rings. The summed E-state index contributed by atoms with van der Waals surface area (Å²) >= 11 is 3.55. The minimum absolute atomic E-state index is 0.446. The third-order valence-electron chi connectivity index (χ3n) is 5.32. The second kappa shape index (κ2) is 5.90. The molecule has 21 heavy (non-hydrogen) atoms. The van der Waals surface area contributed by atoms with Gasteiger partial charge in [0.2, 0.25) is 0 Å². The van der Waals surface area contributed by atoms with Crippen molar-refractivity contribution in [3.63, 3.8) is 0 Å². The number of piperidine rings is 3. The number of rotatable bonds is 2. The molecule has 0 aliphatic carbocycles. The van der Waals surface area contributed by atoms with Crippen LogP contribution >= 0.6 is 15.9 Å². The number of ether oxygens (including phenoxy) is 1. The first kappa shape index (κ1) is 14.0. The van der Waals surface area contributed by atoms with Gasteiger partial charge in [0, 0.05) is 28.7 Å². The van der Waals surface area contributed by atoms with Gasteiger partial charge in [-0.25, -0.2) is 0 Å². The Bertz CT molecular complexity index is 514. The molecule has 4 aliphatic heterocycles. The van der Waals surface area contributed by atoms with Crippen molar-refractivity contribution in [3.05, 3.63) is 28.2 Å². The predicted molar refractivity (Wildman–Crippen MR) is 87.7 cm³/mol. The van der Waals surface area contributed by atoms with E-state index in [1.54, 1.807) is 0 Å². The summed E-state index contributed by atoms with van der Waals surface area (Å²) in [4.78, 5) is 2.62. The molecule has 0 radical (unpaired) electrons. The van der Waals surface area contributed by atoms with E-state index >= 15 is 0 Å². The van der Waals surface area contributed by atoms with Crippen LogP contribution in [0.5, 0.6) is 5.75 Å². The summed E-state index contributed by atoms with van der Waals surface area (Å²) < 4.78 is 7.03. The van der Waals surface area contributed by atoms with Crippen LogP contribution in [0.15, 0.2) is 22.7 Å². The molecule has 114 valence electrons. The lowest BCUT2D eigenvalue weighted by atomic mass is 9.83. The van der Waals surface area contributed by atoms with Gasteiger partial charge in [0.15, 0.2) is 0 Å². The molecule has 4 aliphatic rings. The summed E-state index contributed by atoms with van der Waals surface area (Å²) in [6, 6.07) is 7.59. The summed E-state index contributed by atoms with van der Waals surface area (Å²) in [5, 5.41) is 3.97. The Hall–Kier alpha value is -0.580. The fraction of sp³-hybridized carbons (Fsp3) is 0.647. The maximum Gasteiger partial charge on any atom is 0.125 e. The van der Waals surface area contributed by atoms with Crippen molar-refractivity contribution in [1.82, 2.24) is 10.2 Å². The molecule has 1 N–H and O–H groups in total. The van der Waals surface area contributed by atoms with Crippen molar-refractivity contribution in [2.24, 2.45) is 5.92 Å². The quantitative estimate of drug-likeness (QED) is 0.885. The molecule has 4 heteroatoms. The highest BCUT2D eigenvalue weighted by Crippen LogP contribution is 2.36. The lowest BCUT2D eigenvalue weighted by Gasteiger charge is -2.46. The Morgan fingerprint density at radius 1 is 1.19 bits per heavy atom. The van der Waals surface area contributed by atoms with E-state index in [9.17, 15) is 0 Å². The third kappa shape index (κ3) is 2.86. The van der Waals surface area contributed by atoms with E-state index in [4.69, 9.17) is 4.74 Å². The predicted octanol–water partition coefficient (Wildman–Crippen LogP) is 3.35. The van der Waals surface area contributed by atoms with Crippen LogP contribution in [0.25, 0.3) is 0 Å². The first-order valence-corrected chi connectivity index (χ1v) is 8.99. The van der Waals surface area contributed by atoms with Crippen LogP contribution in [0.3, 0.4) is 0 Å². The van der Waals surface area contributed by atoms with E-state index in [1.807, 2.05) is 0 Å². The van der Waals surface area contributed by atoms with Crippen molar-refractivity contribution in [3.8, 4) is 5.75 Å². The molecule has 4 heterocycles. The minimum atomic E-state index is 0.446. The van der Waals surface area contributed by atoms with Crippen molar-refractivity contribution < 1.29 is 4.74 Å². The second-order valence-electron chi connectivity index (χ2n) is 6.64. The van der Waals surface area contributed by atoms with Gasteiger partial charge in [0.05, 0.1) is 6.61 Å². The number of nitrogens with zero attached hydrogens (tertiary/aromatic N) is 1. The van der Waals surface area contributed by atoms with Gasteiger partial charge in [-0.1, -0.05) is 22.0 Å². The van der Waals surface area contributed by atoms with E-state index in [1.165, 1.54) is 44.5 Å². The lowest BCUT2D eigenvalue weighted by molar-refractivity contribution is 0.0663. The van der Waals surface area contributed by atoms with Gasteiger partial charge in [0.25, 0.3) is 0 Å². The van der Waals surface area contributed by atoms with Crippen LogP contribution < -0.4 is 10.1 Å². The van der Waals surface area contributed by atoms with Gasteiger partial charge in [-0.2, -0.15) is 0 Å². The fourth-order valence-corrected chi connectivity index (χ4v) is 4.47. The zero-order chi connectivity index (χ0) is 14.2. The van der Waals surface area contributed by atoms with Gasteiger partial charge < -0.3 is 15.0 Å². The lowest BCUT2D eigenvalue weighted by Crippen LogP contribution is -2.56. The fourth-order valence-electron chi connectivity index (χ4n) is 4.13. The van der Waals surface area contributed by atoms with Crippen LogP contribution in [0, 0.1) is 5.92 Å². The molecular formula is C17H23BrN2O. The van der Waals surface area contributed by atoms with Crippen LogP contribution in [0.4, 0.5) is 0 Å². The molecule has 0 aromatic heterocycles. The molecule has 1 aromatic carbocycles. The standard InChI is InChI=1S/C17H23BrN2O/c18-13-3-4-14-15(2-1-9-21-17(14)10-13)19-16-11-20-7-5-12(16)6-8-20/h3-4,10,12,15-16,19H,1-2,5-9,11H2. The summed E-state index contributed by atoms with van der Waals surface area (Å²) in [7, 11) is 0. The normalized spacial score (nSPS) is 34.9. The van der Waals surface area contributed by atoms with Gasteiger partial charge in [0.1, 0.15) is 5.75 Å². The number of hydrogen-bond donors (Lipinski definition) is 1. The minimum Gasteiger partial charge on any atom is -0.493 e. The average Bonchev–Trinajstić information content (AvgIpc) is 2.70. The van der Waals surface area contributed by atoms with E-state index in [-0.39, 0.29) is 0 Å². The number of hydrogen-bond acceptors (Lipinski definition) is 3. The highest BCUT2D eigenvalue weighted by Gasteiger charge is 2.35. The number of benzene rings is 1. The van der Waals surface area contributed by atoms with Gasteiger partial charge in [-0.3, -0.25) is 0 Å². The van der Waals surface area contributed by atoms with Crippen molar-refractivity contribution in [2.75, 3.05) is 26.2 Å². The molecule has 3 nitrogen and oxygen atoms in total. The molecule has 0 amide bonds. The summed E-state index contributed by atoms with van der Waals surface area (Å²) in [6.07, 6.45) is 5.05.